The van der Waals surface area contributed by atoms with E-state index in [9.17, 15) is 0 Å². The van der Waals surface area contributed by atoms with Gasteiger partial charge < -0.3 is 34.3 Å². The average Bonchev–Trinajstić information content (AvgIpc) is 3.09. The fourth-order valence-electron chi connectivity index (χ4n) is 2.79. The van der Waals surface area contributed by atoms with Gasteiger partial charge in [0.05, 0.1) is 17.9 Å². The molecular formula is C19H26N6SY-2. The Hall–Kier alpha value is -1.62. The van der Waals surface area contributed by atoms with Crippen LogP contribution in [0.1, 0.15) is 36.9 Å². The molecule has 1 atom stereocenters. The fraction of sp³-hybridized carbons (Fsp3) is 0.368. The Bertz CT molecular complexity index is 719. The van der Waals surface area contributed by atoms with Crippen molar-refractivity contribution in [2.75, 3.05) is 13.6 Å². The molecule has 27 heavy (non-hydrogen) atoms. The van der Waals surface area contributed by atoms with Crippen molar-refractivity contribution in [3.05, 3.63) is 63.8 Å². The van der Waals surface area contributed by atoms with Gasteiger partial charge in [0.15, 0.2) is 0 Å². The van der Waals surface area contributed by atoms with E-state index in [1.165, 1.54) is 17.3 Å². The van der Waals surface area contributed by atoms with Crippen molar-refractivity contribution >= 4 is 18.5 Å². The first kappa shape index (κ1) is 25.4. The summed E-state index contributed by atoms with van der Waals surface area (Å²) in [6, 6.07) is 10.7. The van der Waals surface area contributed by atoms with Crippen LogP contribution in [0.25, 0.3) is 5.32 Å². The topological polar surface area (TPSA) is 106 Å². The minimum absolute atomic E-state index is 0. The second-order valence-electron chi connectivity index (χ2n) is 5.91. The molecule has 8 heteroatoms. The van der Waals surface area contributed by atoms with Gasteiger partial charge >= 0.3 is 0 Å². The Kier molecular flexibility index (Phi) is 12.7. The van der Waals surface area contributed by atoms with Gasteiger partial charge in [0.1, 0.15) is 5.82 Å². The summed E-state index contributed by atoms with van der Waals surface area (Å²) < 4.78 is 0. The molecule has 1 aliphatic heterocycles. The number of nitrogens with zero attached hydrogens (tertiary/aromatic N) is 4. The predicted molar refractivity (Wildman–Crippen MR) is 110 cm³/mol. The van der Waals surface area contributed by atoms with Crippen LogP contribution >= 0.6 is 0 Å². The number of hydrogen-bond donors (Lipinski definition) is 2. The third-order valence-corrected chi connectivity index (χ3v) is 3.97. The maximum Gasteiger partial charge on any atom is 0.146 e. The Morgan fingerprint density at radius 3 is 2.67 bits per heavy atom. The van der Waals surface area contributed by atoms with Gasteiger partial charge in [-0.15, -0.1) is 12.0 Å². The van der Waals surface area contributed by atoms with Crippen LogP contribution in [0.3, 0.4) is 0 Å². The minimum atomic E-state index is 0. The molecule has 0 spiro atoms. The molecule has 1 aromatic rings. The van der Waals surface area contributed by atoms with Gasteiger partial charge in [0, 0.05) is 45.5 Å². The van der Waals surface area contributed by atoms with Crippen LogP contribution in [0.4, 0.5) is 0 Å². The number of aryl methyl sites for hydroxylation is 1. The molecule has 0 aromatic heterocycles. The normalized spacial score (nSPS) is 17.3. The number of rotatable bonds is 4. The van der Waals surface area contributed by atoms with Crippen molar-refractivity contribution in [3.63, 3.8) is 0 Å². The van der Waals surface area contributed by atoms with Crippen molar-refractivity contribution in [2.24, 2.45) is 16.5 Å². The molecule has 1 heterocycles. The second-order valence-corrected chi connectivity index (χ2v) is 6.35. The average molecular weight is 459 g/mol. The molecule has 1 radical (unpaired) electrons. The van der Waals surface area contributed by atoms with E-state index in [0.717, 1.165) is 25.2 Å². The monoisotopic (exact) mass is 459 g/mol. The molecule has 0 amide bonds. The van der Waals surface area contributed by atoms with Crippen LogP contribution in [-0.2, 0) is 45.3 Å². The zero-order valence-electron chi connectivity index (χ0n) is 16.1. The minimum Gasteiger partial charge on any atom is -0.771 e. The number of likely N-dealkylation sites (tertiary alicyclic amines) is 1. The van der Waals surface area contributed by atoms with Crippen LogP contribution in [0, 0.1) is 18.3 Å². The van der Waals surface area contributed by atoms with Crippen molar-refractivity contribution in [1.82, 2.24) is 4.90 Å². The maximum absolute atomic E-state index is 7.98. The molecule has 1 aliphatic rings. The molecule has 1 aromatic carbocycles. The van der Waals surface area contributed by atoms with E-state index in [0.29, 0.717) is 11.9 Å². The molecule has 0 aliphatic carbocycles. The SMILES string of the molecule is C/C(N)=N\C(=C/N)N1CCCC1c1cccc(C)c1.C[N-]/C=C(\[S-])C#N.[Y]. The molecule has 0 saturated carbocycles. The number of aliphatic imine (C=N–C) groups is 1. The molecule has 0 bridgehead atoms. The second kappa shape index (κ2) is 13.5. The molecule has 1 unspecified atom stereocenters. The van der Waals surface area contributed by atoms with Gasteiger partial charge in [0.2, 0.25) is 0 Å². The maximum atomic E-state index is 7.98. The molecule has 1 saturated heterocycles. The first-order valence-electron chi connectivity index (χ1n) is 8.35. The third kappa shape index (κ3) is 8.74. The van der Waals surface area contributed by atoms with E-state index in [1.807, 2.05) is 0 Å². The van der Waals surface area contributed by atoms with Gasteiger partial charge in [-0.1, -0.05) is 29.8 Å². The van der Waals surface area contributed by atoms with E-state index in [-0.39, 0.29) is 37.6 Å². The number of allylic oxidation sites excluding steroid dienone is 1. The van der Waals surface area contributed by atoms with Gasteiger partial charge in [-0.25, -0.2) is 4.99 Å². The molecular weight excluding hydrogens is 433 g/mol. The Morgan fingerprint density at radius 2 is 2.19 bits per heavy atom. The van der Waals surface area contributed by atoms with Crippen molar-refractivity contribution in [2.45, 2.75) is 32.7 Å². The van der Waals surface area contributed by atoms with E-state index in [2.05, 4.69) is 59.0 Å². The zero-order chi connectivity index (χ0) is 19.5. The van der Waals surface area contributed by atoms with Crippen LogP contribution in [0.2, 0.25) is 0 Å². The summed E-state index contributed by atoms with van der Waals surface area (Å²) in [6.45, 7) is 4.87. The Balaban J connectivity index is 0.000000728. The number of benzene rings is 1. The van der Waals surface area contributed by atoms with Gasteiger partial charge in [-0.05, 0) is 32.3 Å². The molecule has 4 N–H and O–H groups in total. The van der Waals surface area contributed by atoms with Crippen molar-refractivity contribution in [3.8, 4) is 6.07 Å². The first-order valence-corrected chi connectivity index (χ1v) is 8.75. The summed E-state index contributed by atoms with van der Waals surface area (Å²) in [6.07, 6.45) is 5.16. The largest absolute Gasteiger partial charge is 0.771 e. The summed E-state index contributed by atoms with van der Waals surface area (Å²) in [7, 11) is 1.57. The fourth-order valence-corrected chi connectivity index (χ4v) is 2.89. The molecule has 1 fully saturated rings. The number of amidine groups is 1. The van der Waals surface area contributed by atoms with Crippen LogP contribution in [0.5, 0.6) is 0 Å². The molecule has 143 valence electrons. The summed E-state index contributed by atoms with van der Waals surface area (Å²) >= 11 is 4.44. The van der Waals surface area contributed by atoms with Crippen LogP contribution in [-0.4, -0.2) is 24.3 Å². The number of nitriles is 1. The van der Waals surface area contributed by atoms with Crippen LogP contribution < -0.4 is 11.5 Å². The predicted octanol–water partition coefficient (Wildman–Crippen LogP) is 3.17. The van der Waals surface area contributed by atoms with E-state index in [4.69, 9.17) is 16.7 Å². The van der Waals surface area contributed by atoms with Gasteiger partial charge in [-0.2, -0.15) is 11.5 Å². The number of nitrogens with two attached hydrogens (primary N) is 2. The standard InChI is InChI=1S/C15H22N4.C4H5N2S.Y/c1-11-5-3-6-13(9-11)14-7-4-8-19(14)15(10-16)18-12(2)17;1-6-3-4(7)2-5;/h3,5-6,9-10,14H,4,7-8,16H2,1-2H3,(H2,17,18);3,7H,1H3;/q;-1;/p-1/b15-10+;4-3-;. The van der Waals surface area contributed by atoms with Crippen molar-refractivity contribution in [1.29, 1.82) is 5.26 Å². The van der Waals surface area contributed by atoms with Gasteiger partial charge in [0.25, 0.3) is 0 Å². The zero-order valence-corrected chi connectivity index (χ0v) is 19.7. The quantitative estimate of drug-likeness (QED) is 0.312. The summed E-state index contributed by atoms with van der Waals surface area (Å²) in [5.74, 6) is 1.30. The number of hydrogen-bond acceptors (Lipinski definition) is 5. The third-order valence-electron chi connectivity index (χ3n) is 3.77. The van der Waals surface area contributed by atoms with E-state index >= 15 is 0 Å². The summed E-state index contributed by atoms with van der Waals surface area (Å²) in [5, 5.41) is 11.5. The summed E-state index contributed by atoms with van der Waals surface area (Å²) in [4.78, 5) is 6.80. The molecule has 2 rings (SSSR count). The van der Waals surface area contributed by atoms with E-state index < -0.39 is 0 Å². The van der Waals surface area contributed by atoms with Gasteiger partial charge in [-0.3, -0.25) is 0 Å². The Labute approximate surface area is 193 Å². The van der Waals surface area contributed by atoms with Crippen molar-refractivity contribution < 1.29 is 32.7 Å². The van der Waals surface area contributed by atoms with Crippen LogP contribution in [0.15, 0.2) is 52.4 Å². The van der Waals surface area contributed by atoms with E-state index in [1.54, 1.807) is 26.2 Å². The first-order chi connectivity index (χ1) is 12.4. The summed E-state index contributed by atoms with van der Waals surface area (Å²) in [5.41, 5.74) is 14.0. The Morgan fingerprint density at radius 1 is 1.48 bits per heavy atom. The molecule has 6 nitrogen and oxygen atoms in total. The smallest absolute Gasteiger partial charge is 0.146 e.